The van der Waals surface area contributed by atoms with E-state index in [-0.39, 0.29) is 17.5 Å². The highest BCUT2D eigenvalue weighted by Crippen LogP contribution is 2.23. The van der Waals surface area contributed by atoms with Gasteiger partial charge in [-0.05, 0) is 51.0 Å². The Kier molecular flexibility index (Phi) is 5.75. The van der Waals surface area contributed by atoms with Gasteiger partial charge in [0.05, 0.1) is 17.9 Å². The van der Waals surface area contributed by atoms with Crippen molar-refractivity contribution >= 4 is 23.3 Å². The second kappa shape index (κ2) is 8.63. The second-order valence-corrected chi connectivity index (χ2v) is 7.51. The van der Waals surface area contributed by atoms with Crippen LogP contribution in [-0.4, -0.2) is 57.1 Å². The Morgan fingerprint density at radius 2 is 2.16 bits per heavy atom. The maximum absolute atomic E-state index is 13.1. The Bertz CT molecular complexity index is 1110. The van der Waals surface area contributed by atoms with E-state index in [1.165, 1.54) is 6.20 Å². The molecule has 3 aromatic rings. The van der Waals surface area contributed by atoms with Crippen LogP contribution in [0.3, 0.4) is 0 Å². The van der Waals surface area contributed by atoms with Crippen LogP contribution in [0.1, 0.15) is 46.3 Å². The molecular formula is C22H25N5O4. The summed E-state index contributed by atoms with van der Waals surface area (Å²) < 4.78 is 7.40. The molecule has 1 aliphatic rings. The molecule has 31 heavy (non-hydrogen) atoms. The number of nitrogens with zero attached hydrogens (tertiary/aromatic N) is 4. The summed E-state index contributed by atoms with van der Waals surface area (Å²) >= 11 is 0. The number of carbonyl (C=O) groups excluding carboxylic acids is 1. The van der Waals surface area contributed by atoms with E-state index in [2.05, 4.69) is 20.2 Å². The minimum atomic E-state index is -1.00. The molecule has 3 aromatic heterocycles. The van der Waals surface area contributed by atoms with Crippen LogP contribution in [0.2, 0.25) is 0 Å². The van der Waals surface area contributed by atoms with Gasteiger partial charge in [-0.3, -0.25) is 9.20 Å². The fourth-order valence-electron chi connectivity index (χ4n) is 3.95. The third-order valence-corrected chi connectivity index (χ3v) is 5.38. The van der Waals surface area contributed by atoms with Gasteiger partial charge in [0, 0.05) is 31.5 Å². The van der Waals surface area contributed by atoms with Crippen LogP contribution < -0.4 is 15.0 Å². The van der Waals surface area contributed by atoms with E-state index < -0.39 is 5.97 Å². The van der Waals surface area contributed by atoms with Gasteiger partial charge in [0.25, 0.3) is 5.91 Å². The number of carbonyl (C=O) groups is 2. The predicted octanol–water partition coefficient (Wildman–Crippen LogP) is 2.53. The number of fused-ring (bicyclic) bond motifs is 1. The number of aromatic carboxylic acids is 1. The maximum atomic E-state index is 13.1. The number of hydrogen-bond acceptors (Lipinski definition) is 6. The predicted molar refractivity (Wildman–Crippen MR) is 115 cm³/mol. The van der Waals surface area contributed by atoms with Crippen LogP contribution in [0.15, 0.2) is 36.7 Å². The quantitative estimate of drug-likeness (QED) is 0.627. The molecule has 0 aromatic carbocycles. The number of amides is 1. The molecule has 4 rings (SSSR count). The van der Waals surface area contributed by atoms with Gasteiger partial charge in [-0.2, -0.15) is 0 Å². The number of carboxylic acid groups (broad SMARTS) is 1. The summed E-state index contributed by atoms with van der Waals surface area (Å²) in [6.45, 7) is 5.65. The molecule has 1 fully saturated rings. The van der Waals surface area contributed by atoms with Crippen molar-refractivity contribution in [3.8, 4) is 5.75 Å². The van der Waals surface area contributed by atoms with Crippen molar-refractivity contribution in [2.75, 3.05) is 24.6 Å². The molecule has 0 saturated carbocycles. The first-order valence-corrected chi connectivity index (χ1v) is 10.3. The zero-order chi connectivity index (χ0) is 22.0. The van der Waals surface area contributed by atoms with Gasteiger partial charge in [0.15, 0.2) is 11.4 Å². The van der Waals surface area contributed by atoms with Crippen molar-refractivity contribution in [2.45, 2.75) is 32.7 Å². The monoisotopic (exact) mass is 423 g/mol. The minimum absolute atomic E-state index is 0.0535. The van der Waals surface area contributed by atoms with Gasteiger partial charge < -0.3 is 20.1 Å². The largest absolute Gasteiger partial charge is 0.490 e. The molecular weight excluding hydrogens is 398 g/mol. The number of aryl methyl sites for hydroxylation is 1. The summed E-state index contributed by atoms with van der Waals surface area (Å²) in [5, 5.41) is 12.2. The Hall–Kier alpha value is -3.62. The summed E-state index contributed by atoms with van der Waals surface area (Å²) in [6.07, 6.45) is 4.93. The minimum Gasteiger partial charge on any atom is -0.490 e. The summed E-state index contributed by atoms with van der Waals surface area (Å²) in [5.41, 5.74) is 1.92. The Balaban J connectivity index is 1.50. The number of pyridine rings is 2. The van der Waals surface area contributed by atoms with E-state index in [9.17, 15) is 9.59 Å². The number of anilines is 1. The lowest BCUT2D eigenvalue weighted by molar-refractivity contribution is 0.0696. The van der Waals surface area contributed by atoms with Crippen molar-refractivity contribution in [3.05, 3.63) is 53.6 Å². The Morgan fingerprint density at radius 1 is 1.32 bits per heavy atom. The molecule has 1 aliphatic heterocycles. The zero-order valence-electron chi connectivity index (χ0n) is 17.5. The number of imidazole rings is 1. The third-order valence-electron chi connectivity index (χ3n) is 5.38. The lowest BCUT2D eigenvalue weighted by Gasteiger charge is -2.34. The number of piperidine rings is 1. The molecule has 0 bridgehead atoms. The molecule has 0 radical (unpaired) electrons. The molecule has 1 amide bonds. The van der Waals surface area contributed by atoms with E-state index in [0.717, 1.165) is 19.4 Å². The van der Waals surface area contributed by atoms with Crippen LogP contribution in [0.25, 0.3) is 5.65 Å². The first-order valence-electron chi connectivity index (χ1n) is 10.3. The van der Waals surface area contributed by atoms with Crippen molar-refractivity contribution < 1.29 is 19.4 Å². The molecule has 9 heteroatoms. The Labute approximate surface area is 179 Å². The summed E-state index contributed by atoms with van der Waals surface area (Å²) in [4.78, 5) is 35.0. The first-order chi connectivity index (χ1) is 15.0. The number of hydrogen-bond donors (Lipinski definition) is 2. The molecule has 162 valence electrons. The topological polar surface area (TPSA) is 109 Å². The lowest BCUT2D eigenvalue weighted by atomic mass is 10.1. The van der Waals surface area contributed by atoms with Crippen molar-refractivity contribution in [1.29, 1.82) is 0 Å². The SMILES string of the molecule is CCOc1cccn2c(C(=O)N[C@H]3CCCN(c4ccc(C(=O)O)cn4)C3)c(C)nc12. The van der Waals surface area contributed by atoms with Crippen LogP contribution in [0.4, 0.5) is 5.82 Å². The zero-order valence-corrected chi connectivity index (χ0v) is 17.5. The molecule has 9 nitrogen and oxygen atoms in total. The van der Waals surface area contributed by atoms with Gasteiger partial charge in [-0.1, -0.05) is 0 Å². The number of nitrogens with one attached hydrogen (secondary N) is 1. The van der Waals surface area contributed by atoms with Crippen LogP contribution >= 0.6 is 0 Å². The normalized spacial score (nSPS) is 16.3. The third kappa shape index (κ3) is 4.16. The van der Waals surface area contributed by atoms with Crippen molar-refractivity contribution in [2.24, 2.45) is 0 Å². The smallest absolute Gasteiger partial charge is 0.337 e. The van der Waals surface area contributed by atoms with Gasteiger partial charge in [0.1, 0.15) is 11.5 Å². The van der Waals surface area contributed by atoms with Gasteiger partial charge in [-0.15, -0.1) is 0 Å². The summed E-state index contributed by atoms with van der Waals surface area (Å²) in [6, 6.07) is 6.88. The van der Waals surface area contributed by atoms with Crippen LogP contribution in [-0.2, 0) is 0 Å². The second-order valence-electron chi connectivity index (χ2n) is 7.51. The van der Waals surface area contributed by atoms with Gasteiger partial charge >= 0.3 is 5.97 Å². The van der Waals surface area contributed by atoms with Crippen molar-refractivity contribution in [3.63, 3.8) is 0 Å². The molecule has 1 atom stereocenters. The Morgan fingerprint density at radius 3 is 2.87 bits per heavy atom. The maximum Gasteiger partial charge on any atom is 0.337 e. The van der Waals surface area contributed by atoms with E-state index in [1.54, 1.807) is 16.5 Å². The van der Waals surface area contributed by atoms with Crippen LogP contribution in [0.5, 0.6) is 5.75 Å². The van der Waals surface area contributed by atoms with E-state index >= 15 is 0 Å². The van der Waals surface area contributed by atoms with Gasteiger partial charge in [0.2, 0.25) is 0 Å². The molecule has 0 spiro atoms. The summed E-state index contributed by atoms with van der Waals surface area (Å²) in [7, 11) is 0. The first kappa shape index (κ1) is 20.6. The lowest BCUT2D eigenvalue weighted by Crippen LogP contribution is -2.48. The summed E-state index contributed by atoms with van der Waals surface area (Å²) in [5.74, 6) is 0.168. The highest BCUT2D eigenvalue weighted by molar-refractivity contribution is 5.95. The molecule has 2 N–H and O–H groups in total. The number of rotatable bonds is 6. The van der Waals surface area contributed by atoms with Crippen LogP contribution in [0, 0.1) is 6.92 Å². The fourth-order valence-corrected chi connectivity index (χ4v) is 3.95. The van der Waals surface area contributed by atoms with E-state index in [1.807, 2.05) is 32.2 Å². The molecule has 0 aliphatic carbocycles. The number of aromatic nitrogens is 3. The van der Waals surface area contributed by atoms with E-state index in [4.69, 9.17) is 9.84 Å². The molecule has 4 heterocycles. The van der Waals surface area contributed by atoms with E-state index in [0.29, 0.717) is 41.8 Å². The fraction of sp³-hybridized carbons (Fsp3) is 0.364. The molecule has 1 saturated heterocycles. The average Bonchev–Trinajstić information content (AvgIpc) is 3.11. The highest BCUT2D eigenvalue weighted by atomic mass is 16.5. The van der Waals surface area contributed by atoms with Gasteiger partial charge in [-0.25, -0.2) is 14.8 Å². The standard InChI is InChI=1S/C22H25N5O4/c1-3-31-17-7-5-11-27-19(14(2)24-20(17)27)21(28)25-16-6-4-10-26(13-16)18-9-8-15(12-23-18)22(29)30/h5,7-9,11-12,16H,3-4,6,10,13H2,1-2H3,(H,25,28)(H,29,30)/t16-/m0/s1. The average molecular weight is 423 g/mol. The highest BCUT2D eigenvalue weighted by Gasteiger charge is 2.25. The number of carboxylic acids is 1. The van der Waals surface area contributed by atoms with Crippen molar-refractivity contribution in [1.82, 2.24) is 19.7 Å². The number of ether oxygens (including phenoxy) is 1. The molecule has 0 unspecified atom stereocenters.